The van der Waals surface area contributed by atoms with Crippen LogP contribution in [0, 0.1) is 0 Å². The van der Waals surface area contributed by atoms with E-state index in [0.29, 0.717) is 28.9 Å². The Bertz CT molecular complexity index is 1900. The zero-order valence-corrected chi connectivity index (χ0v) is 39.3. The van der Waals surface area contributed by atoms with Crippen LogP contribution < -0.4 is 26.3 Å². The zero-order valence-electron chi connectivity index (χ0n) is 39.3. The number of aliphatic imine (C=N–C) groups is 1. The minimum Gasteiger partial charge on any atom is -0.497 e. The van der Waals surface area contributed by atoms with Crippen LogP contribution in [-0.2, 0) is 10.8 Å². The van der Waals surface area contributed by atoms with E-state index in [1.54, 1.807) is 50.6 Å². The molecule has 9 nitrogen and oxygen atoms in total. The molecule has 0 heterocycles. The number of benzene rings is 4. The van der Waals surface area contributed by atoms with E-state index in [2.05, 4.69) is 71.1 Å². The Kier molecular flexibility index (Phi) is 24.5. The number of hydrogen-bond donors (Lipinski definition) is 3. The summed E-state index contributed by atoms with van der Waals surface area (Å²) in [5.41, 5.74) is 17.1. The largest absolute Gasteiger partial charge is 0.497 e. The third-order valence-electron chi connectivity index (χ3n) is 10.4. The first-order valence-corrected chi connectivity index (χ1v) is 22.2. The summed E-state index contributed by atoms with van der Waals surface area (Å²) in [6.45, 7) is 16.4. The van der Waals surface area contributed by atoms with E-state index in [-0.39, 0.29) is 34.6 Å². The van der Waals surface area contributed by atoms with Gasteiger partial charge in [-0.3, -0.25) is 19.4 Å². The molecular formula is C53H76N4O5. The highest BCUT2D eigenvalue weighted by atomic mass is 16.5. The lowest BCUT2D eigenvalue weighted by atomic mass is 9.86. The Labute approximate surface area is 373 Å². The normalized spacial score (nSPS) is 11.4. The second kappa shape index (κ2) is 28.6. The average molecular weight is 849 g/mol. The first kappa shape index (κ1) is 53.2. The molecule has 62 heavy (non-hydrogen) atoms. The van der Waals surface area contributed by atoms with Crippen LogP contribution in [0.2, 0.25) is 0 Å². The lowest BCUT2D eigenvalue weighted by Crippen LogP contribution is -2.13. The molecule has 0 amide bonds. The zero-order chi connectivity index (χ0) is 46.0. The van der Waals surface area contributed by atoms with Crippen molar-refractivity contribution >= 4 is 23.1 Å². The Morgan fingerprint density at radius 3 is 1.23 bits per heavy atom. The smallest absolute Gasteiger partial charge is 0.170 e. The molecule has 0 bridgehead atoms. The van der Waals surface area contributed by atoms with Crippen molar-refractivity contribution in [2.45, 2.75) is 117 Å². The third-order valence-corrected chi connectivity index (χ3v) is 10.4. The fourth-order valence-electron chi connectivity index (χ4n) is 6.35. The van der Waals surface area contributed by atoms with Gasteiger partial charge in [0.1, 0.15) is 11.5 Å². The molecule has 9 heteroatoms. The summed E-state index contributed by atoms with van der Waals surface area (Å²) in [7, 11) is 5.18. The quantitative estimate of drug-likeness (QED) is 0.0307. The monoisotopic (exact) mass is 849 g/mol. The lowest BCUT2D eigenvalue weighted by molar-refractivity contribution is 0.0893. The van der Waals surface area contributed by atoms with Gasteiger partial charge >= 0.3 is 0 Å². The molecule has 5 N–H and O–H groups in total. The van der Waals surface area contributed by atoms with E-state index >= 15 is 0 Å². The van der Waals surface area contributed by atoms with Gasteiger partial charge in [0.2, 0.25) is 0 Å². The fourth-order valence-corrected chi connectivity index (χ4v) is 6.35. The van der Waals surface area contributed by atoms with Gasteiger partial charge in [-0.05, 0) is 128 Å². The van der Waals surface area contributed by atoms with Crippen molar-refractivity contribution < 1.29 is 23.9 Å². The summed E-state index contributed by atoms with van der Waals surface area (Å²) in [6.07, 6.45) is 9.57. The van der Waals surface area contributed by atoms with Crippen LogP contribution in [-0.4, -0.2) is 70.5 Å². The van der Waals surface area contributed by atoms with Crippen LogP contribution in [0.1, 0.15) is 154 Å². The van der Waals surface area contributed by atoms with Crippen molar-refractivity contribution in [3.63, 3.8) is 0 Å². The predicted molar refractivity (Wildman–Crippen MR) is 259 cm³/mol. The maximum Gasteiger partial charge on any atom is 0.170 e. The van der Waals surface area contributed by atoms with Crippen LogP contribution in [0.5, 0.6) is 11.5 Å². The van der Waals surface area contributed by atoms with Crippen molar-refractivity contribution in [3.8, 4) is 11.5 Å². The van der Waals surface area contributed by atoms with Gasteiger partial charge in [0.25, 0.3) is 0 Å². The SMILES string of the molecule is CNCCCCCCN.COc1ccc(C(=O)CC(=NCCCCCCN)c2ccc(C(C)(C)C)cc2)cc1.COc1ccc(C(=O)CC(=O)c2ccc(C(C)(C)C)cc2)cc1. The summed E-state index contributed by atoms with van der Waals surface area (Å²) in [5, 5.41) is 3.11. The summed E-state index contributed by atoms with van der Waals surface area (Å²) in [5.74, 6) is 1.16. The van der Waals surface area contributed by atoms with E-state index in [1.165, 1.54) is 31.2 Å². The first-order valence-electron chi connectivity index (χ1n) is 22.2. The number of unbranched alkanes of at least 4 members (excludes halogenated alkanes) is 6. The number of rotatable bonds is 22. The average Bonchev–Trinajstić information content (AvgIpc) is 3.27. The Balaban J connectivity index is 0.000000364. The van der Waals surface area contributed by atoms with Gasteiger partial charge in [-0.2, -0.15) is 0 Å². The number of hydrogen-bond acceptors (Lipinski definition) is 9. The lowest BCUT2D eigenvalue weighted by Gasteiger charge is -2.19. The Hall–Kier alpha value is -4.96. The number of nitrogens with zero attached hydrogens (tertiary/aromatic N) is 1. The molecule has 0 aliphatic heterocycles. The summed E-state index contributed by atoms with van der Waals surface area (Å²) in [4.78, 5) is 42.2. The van der Waals surface area contributed by atoms with E-state index < -0.39 is 0 Å². The van der Waals surface area contributed by atoms with E-state index in [1.807, 2.05) is 43.4 Å². The molecule has 0 fully saturated rings. The van der Waals surface area contributed by atoms with E-state index in [9.17, 15) is 14.4 Å². The van der Waals surface area contributed by atoms with Gasteiger partial charge in [-0.1, -0.05) is 116 Å². The molecule has 0 saturated carbocycles. The highest BCUT2D eigenvalue weighted by Gasteiger charge is 2.18. The van der Waals surface area contributed by atoms with Crippen molar-refractivity contribution in [3.05, 3.63) is 130 Å². The van der Waals surface area contributed by atoms with Gasteiger partial charge in [0.15, 0.2) is 17.3 Å². The van der Waals surface area contributed by atoms with Crippen LogP contribution in [0.25, 0.3) is 0 Å². The molecule has 4 aromatic rings. The second-order valence-electron chi connectivity index (χ2n) is 17.6. The number of nitrogens with one attached hydrogen (secondary N) is 1. The van der Waals surface area contributed by atoms with Crippen LogP contribution >= 0.6 is 0 Å². The van der Waals surface area contributed by atoms with Crippen molar-refractivity contribution in [2.24, 2.45) is 16.5 Å². The van der Waals surface area contributed by atoms with Gasteiger partial charge < -0.3 is 26.3 Å². The fraction of sp³-hybridized carbons (Fsp3) is 0.472. The number of ether oxygens (including phenoxy) is 2. The van der Waals surface area contributed by atoms with E-state index in [4.69, 9.17) is 25.9 Å². The van der Waals surface area contributed by atoms with Crippen molar-refractivity contribution in [1.82, 2.24) is 5.32 Å². The molecule has 0 aliphatic carbocycles. The molecule has 0 spiro atoms. The summed E-state index contributed by atoms with van der Waals surface area (Å²) in [6, 6.07) is 30.0. The molecule has 0 aromatic heterocycles. The second-order valence-corrected chi connectivity index (χ2v) is 17.6. The molecule has 338 valence electrons. The van der Waals surface area contributed by atoms with E-state index in [0.717, 1.165) is 74.5 Å². The molecule has 0 unspecified atom stereocenters. The minimum atomic E-state index is -0.183. The highest BCUT2D eigenvalue weighted by molar-refractivity contribution is 6.16. The molecule has 0 saturated heterocycles. The van der Waals surface area contributed by atoms with Crippen molar-refractivity contribution in [1.29, 1.82) is 0 Å². The van der Waals surface area contributed by atoms with Crippen LogP contribution in [0.3, 0.4) is 0 Å². The topological polar surface area (TPSA) is 146 Å². The molecule has 0 radical (unpaired) electrons. The Morgan fingerprint density at radius 1 is 0.500 bits per heavy atom. The number of nitrogens with two attached hydrogens (primary N) is 2. The number of ketones is 3. The number of methoxy groups -OCH3 is 2. The molecule has 4 rings (SSSR count). The predicted octanol–water partition coefficient (Wildman–Crippen LogP) is 10.7. The Morgan fingerprint density at radius 2 is 0.855 bits per heavy atom. The van der Waals surface area contributed by atoms with Gasteiger partial charge in [-0.15, -0.1) is 0 Å². The van der Waals surface area contributed by atoms with Crippen LogP contribution in [0.15, 0.2) is 102 Å². The number of carbonyl (C=O) groups excluding carboxylic acids is 3. The number of Topliss-reactive ketones (excluding diaryl/α,β-unsaturated/α-hetero) is 3. The molecule has 0 atom stereocenters. The minimum absolute atomic E-state index is 0.0422. The van der Waals surface area contributed by atoms with Crippen LogP contribution in [0.4, 0.5) is 0 Å². The summed E-state index contributed by atoms with van der Waals surface area (Å²) >= 11 is 0. The first-order chi connectivity index (χ1) is 29.6. The highest BCUT2D eigenvalue weighted by Crippen LogP contribution is 2.24. The molecule has 4 aromatic carbocycles. The maximum absolute atomic E-state index is 12.9. The van der Waals surface area contributed by atoms with Gasteiger partial charge in [-0.25, -0.2) is 0 Å². The summed E-state index contributed by atoms with van der Waals surface area (Å²) < 4.78 is 10.2. The number of carbonyl (C=O) groups is 3. The van der Waals surface area contributed by atoms with Gasteiger partial charge in [0.05, 0.1) is 27.1 Å². The molecular weight excluding hydrogens is 773 g/mol. The standard InChI is InChI=1S/C26H36N2O2.C20H22O3.C7H18N2/c1-26(2,3)22-13-9-20(10-14-22)24(28-18-8-6-5-7-17-27)19-25(29)21-11-15-23(30-4)16-12-21;1-20(2,3)16-9-5-14(6-10-16)18(21)13-19(22)15-7-11-17(23-4)12-8-15;1-9-7-5-3-2-4-6-8/h9-16H,5-8,17-19,27H2,1-4H3;5-12H,13H2,1-4H3;9H,2-8H2,1H3. The maximum atomic E-state index is 12.9. The molecule has 0 aliphatic rings. The third kappa shape index (κ3) is 20.3. The van der Waals surface area contributed by atoms with Gasteiger partial charge in [0, 0.05) is 28.9 Å². The van der Waals surface area contributed by atoms with Crippen molar-refractivity contribution in [2.75, 3.05) is 47.4 Å².